The molecule has 0 heterocycles. The predicted octanol–water partition coefficient (Wildman–Crippen LogP) is 4.66. The third-order valence-electron chi connectivity index (χ3n) is 9.29. The number of carbonyl (C=O) groups excluding carboxylic acids is 3. The Morgan fingerprint density at radius 3 is 2.39 bits per heavy atom. The largest absolute Gasteiger partial charge is 0.451 e. The molecule has 0 saturated heterocycles. The Bertz CT molecular complexity index is 767. The molecule has 28 heavy (non-hydrogen) atoms. The fraction of sp³-hybridized carbons (Fsp3) is 0.792. The molecule has 4 nitrogen and oxygen atoms in total. The van der Waals surface area contributed by atoms with Crippen molar-refractivity contribution in [2.75, 3.05) is 0 Å². The quantitative estimate of drug-likeness (QED) is 0.648. The number of hydrogen-bond donors (Lipinski definition) is 0. The minimum absolute atomic E-state index is 0.00469. The molecular formula is C24H34O4. The third-order valence-corrected chi connectivity index (χ3v) is 9.29. The zero-order valence-electron chi connectivity index (χ0n) is 18.0. The number of esters is 1. The van der Waals surface area contributed by atoms with E-state index < -0.39 is 5.60 Å². The Morgan fingerprint density at radius 1 is 1.07 bits per heavy atom. The first kappa shape index (κ1) is 19.8. The van der Waals surface area contributed by atoms with Gasteiger partial charge in [0.2, 0.25) is 0 Å². The summed E-state index contributed by atoms with van der Waals surface area (Å²) in [5, 5.41) is 0. The van der Waals surface area contributed by atoms with Crippen LogP contribution in [0.3, 0.4) is 0 Å². The van der Waals surface area contributed by atoms with Crippen molar-refractivity contribution in [2.24, 2.45) is 34.5 Å². The van der Waals surface area contributed by atoms with Crippen LogP contribution in [0.2, 0.25) is 0 Å². The second-order valence-electron chi connectivity index (χ2n) is 10.5. The van der Waals surface area contributed by atoms with Gasteiger partial charge in [0.05, 0.1) is 0 Å². The summed E-state index contributed by atoms with van der Waals surface area (Å²) in [7, 11) is 0. The first-order valence-corrected chi connectivity index (χ1v) is 11.0. The fourth-order valence-corrected chi connectivity index (χ4v) is 8.05. The summed E-state index contributed by atoms with van der Waals surface area (Å²) in [6.45, 7) is 9.87. The first-order valence-electron chi connectivity index (χ1n) is 11.0. The maximum Gasteiger partial charge on any atom is 0.303 e. The zero-order chi connectivity index (χ0) is 20.5. The van der Waals surface area contributed by atoms with Crippen LogP contribution in [-0.2, 0) is 19.1 Å². The molecule has 1 unspecified atom stereocenters. The molecule has 0 amide bonds. The van der Waals surface area contributed by atoms with E-state index in [1.165, 1.54) is 12.5 Å². The Labute approximate surface area is 168 Å². The van der Waals surface area contributed by atoms with E-state index in [1.54, 1.807) is 6.92 Å². The lowest BCUT2D eigenvalue weighted by atomic mass is 9.44. The highest BCUT2D eigenvalue weighted by molar-refractivity contribution is 5.92. The summed E-state index contributed by atoms with van der Waals surface area (Å²) in [4.78, 5) is 36.8. The topological polar surface area (TPSA) is 60.4 Å². The molecule has 4 rings (SSSR count). The summed E-state index contributed by atoms with van der Waals surface area (Å²) in [5.41, 5.74) is 0.218. The second kappa shape index (κ2) is 6.27. The molecule has 0 aromatic carbocycles. The maximum absolute atomic E-state index is 12.8. The standard InChI is InChI=1S/C24H34O4/c1-14-12-18-19(22(4)9-6-17(27)13-21(14)22)7-10-23(5)20(18)8-11-24(23,15(2)25)28-16(3)26/h13-14,18-20H,6-12H2,1-5H3/t14?,18-,19+,20+,22-,23+,24-/m1/s1. The second-order valence-corrected chi connectivity index (χ2v) is 10.5. The van der Waals surface area contributed by atoms with Crippen LogP contribution in [0.15, 0.2) is 11.6 Å². The molecule has 0 radical (unpaired) electrons. The van der Waals surface area contributed by atoms with E-state index in [0.29, 0.717) is 36.5 Å². The van der Waals surface area contributed by atoms with Gasteiger partial charge in [-0.15, -0.1) is 0 Å². The van der Waals surface area contributed by atoms with Crippen LogP contribution in [0.25, 0.3) is 0 Å². The van der Waals surface area contributed by atoms with Crippen LogP contribution >= 0.6 is 0 Å². The maximum atomic E-state index is 12.8. The van der Waals surface area contributed by atoms with E-state index in [4.69, 9.17) is 4.74 Å². The van der Waals surface area contributed by atoms with Gasteiger partial charge in [0.15, 0.2) is 17.2 Å². The van der Waals surface area contributed by atoms with Gasteiger partial charge in [0.1, 0.15) is 0 Å². The number of fused-ring (bicyclic) bond motifs is 5. The molecular weight excluding hydrogens is 352 g/mol. The van der Waals surface area contributed by atoms with Crippen LogP contribution in [0.4, 0.5) is 0 Å². The molecule has 0 bridgehead atoms. The lowest BCUT2D eigenvalue weighted by Gasteiger charge is -2.60. The highest BCUT2D eigenvalue weighted by Gasteiger charge is 2.68. The summed E-state index contributed by atoms with van der Waals surface area (Å²) in [6, 6.07) is 0. The summed E-state index contributed by atoms with van der Waals surface area (Å²) >= 11 is 0. The average Bonchev–Trinajstić information content (AvgIpc) is 2.90. The molecule has 0 aromatic rings. The Balaban J connectivity index is 1.73. The van der Waals surface area contributed by atoms with Crippen molar-refractivity contribution in [3.63, 3.8) is 0 Å². The number of ether oxygens (including phenoxy) is 1. The summed E-state index contributed by atoms with van der Waals surface area (Å²) < 4.78 is 5.84. The smallest absolute Gasteiger partial charge is 0.303 e. The van der Waals surface area contributed by atoms with E-state index in [1.807, 2.05) is 6.08 Å². The number of Topliss-reactive ketones (excluding diaryl/α,β-unsaturated/α-hetero) is 1. The van der Waals surface area contributed by atoms with Crippen LogP contribution in [0.1, 0.15) is 79.6 Å². The van der Waals surface area contributed by atoms with Crippen LogP contribution in [0, 0.1) is 34.5 Å². The SMILES string of the molecule is CC(=O)O[C@@]1(C(C)=O)CC[C@H]2[C@@H]3CC(C)C4=CC(=O)CC[C@]4(C)[C@H]3CC[C@@]21C. The Morgan fingerprint density at radius 2 is 1.75 bits per heavy atom. The van der Waals surface area contributed by atoms with Gasteiger partial charge in [-0.3, -0.25) is 14.4 Å². The minimum Gasteiger partial charge on any atom is -0.451 e. The van der Waals surface area contributed by atoms with Crippen molar-refractivity contribution in [2.45, 2.75) is 85.2 Å². The summed E-state index contributed by atoms with van der Waals surface area (Å²) in [6.07, 6.45) is 8.19. The molecule has 3 fully saturated rings. The van der Waals surface area contributed by atoms with Crippen molar-refractivity contribution in [3.8, 4) is 0 Å². The van der Waals surface area contributed by atoms with Crippen LogP contribution < -0.4 is 0 Å². The van der Waals surface area contributed by atoms with Crippen LogP contribution in [0.5, 0.6) is 0 Å². The van der Waals surface area contributed by atoms with Crippen molar-refractivity contribution in [3.05, 3.63) is 11.6 Å². The highest BCUT2D eigenvalue weighted by atomic mass is 16.6. The molecule has 4 aliphatic carbocycles. The third kappa shape index (κ3) is 2.45. The average molecular weight is 387 g/mol. The summed E-state index contributed by atoms with van der Waals surface area (Å²) in [5.74, 6) is 1.82. The number of allylic oxidation sites excluding steroid dienone is 1. The van der Waals surface area contributed by atoms with Gasteiger partial charge in [0, 0.05) is 18.8 Å². The Kier molecular flexibility index (Phi) is 4.45. The predicted molar refractivity (Wildman–Crippen MR) is 106 cm³/mol. The van der Waals surface area contributed by atoms with Gasteiger partial charge in [-0.05, 0) is 80.6 Å². The fourth-order valence-electron chi connectivity index (χ4n) is 8.05. The Hall–Kier alpha value is -1.45. The molecule has 7 atom stereocenters. The highest BCUT2D eigenvalue weighted by Crippen LogP contribution is 2.69. The van der Waals surface area contributed by atoms with E-state index >= 15 is 0 Å². The van der Waals surface area contributed by atoms with Crippen molar-refractivity contribution >= 4 is 17.5 Å². The van der Waals surface area contributed by atoms with Crippen LogP contribution in [-0.4, -0.2) is 23.1 Å². The molecule has 0 aliphatic heterocycles. The number of ketones is 2. The van der Waals surface area contributed by atoms with Crippen molar-refractivity contribution < 1.29 is 19.1 Å². The van der Waals surface area contributed by atoms with E-state index in [-0.39, 0.29) is 28.4 Å². The van der Waals surface area contributed by atoms with Gasteiger partial charge in [-0.1, -0.05) is 26.3 Å². The molecule has 4 aliphatic rings. The van der Waals surface area contributed by atoms with Gasteiger partial charge in [-0.2, -0.15) is 0 Å². The number of hydrogen-bond acceptors (Lipinski definition) is 4. The lowest BCUT2D eigenvalue weighted by Crippen LogP contribution is -2.59. The van der Waals surface area contributed by atoms with E-state index in [9.17, 15) is 14.4 Å². The van der Waals surface area contributed by atoms with Crippen molar-refractivity contribution in [1.29, 1.82) is 0 Å². The lowest BCUT2D eigenvalue weighted by molar-refractivity contribution is -0.187. The van der Waals surface area contributed by atoms with E-state index in [0.717, 1.165) is 32.1 Å². The van der Waals surface area contributed by atoms with Gasteiger partial charge in [-0.25, -0.2) is 0 Å². The molecule has 3 saturated carbocycles. The molecule has 4 heteroatoms. The van der Waals surface area contributed by atoms with E-state index in [2.05, 4.69) is 20.8 Å². The molecule has 0 aromatic heterocycles. The normalized spacial score (nSPS) is 47.5. The minimum atomic E-state index is -0.961. The number of rotatable bonds is 2. The molecule has 0 spiro atoms. The molecule has 0 N–H and O–H groups in total. The first-order chi connectivity index (χ1) is 13.0. The monoisotopic (exact) mass is 386 g/mol. The van der Waals surface area contributed by atoms with Gasteiger partial charge >= 0.3 is 5.97 Å². The number of carbonyl (C=O) groups is 3. The van der Waals surface area contributed by atoms with Crippen molar-refractivity contribution in [1.82, 2.24) is 0 Å². The van der Waals surface area contributed by atoms with Gasteiger partial charge < -0.3 is 4.74 Å². The molecule has 154 valence electrons. The zero-order valence-corrected chi connectivity index (χ0v) is 18.0. The van der Waals surface area contributed by atoms with Gasteiger partial charge in [0.25, 0.3) is 0 Å².